The van der Waals surface area contributed by atoms with Crippen molar-refractivity contribution >= 4 is 11.0 Å². The summed E-state index contributed by atoms with van der Waals surface area (Å²) >= 11 is 0. The number of β-amino-alcohol motifs (C(OH)–C–C–N with tert-alkyl or cyclic N) is 1. The van der Waals surface area contributed by atoms with Crippen LogP contribution in [-0.4, -0.2) is 62.8 Å². The van der Waals surface area contributed by atoms with E-state index in [1.54, 1.807) is 0 Å². The molecule has 2 atom stereocenters. The standard InChI is InChI=1S/C24H38N4O/c1-19(2)11-16-28-21-10-6-5-9-20(21)25-24(28)18-26-15-12-22(23(29)17-26)27-13-7-3-4-8-14-27/h5-6,9-10,19,22-23,29H,3-4,7-8,11-18H2,1-2H3/t22-,23-/m0/s1. The number of fused-ring (bicyclic) bond motifs is 1. The zero-order valence-corrected chi connectivity index (χ0v) is 18.3. The summed E-state index contributed by atoms with van der Waals surface area (Å²) < 4.78 is 2.41. The molecule has 2 fully saturated rings. The second-order valence-corrected chi connectivity index (χ2v) is 9.46. The summed E-state index contributed by atoms with van der Waals surface area (Å²) in [5, 5.41) is 10.9. The first-order chi connectivity index (χ1) is 14.1. The predicted octanol–water partition coefficient (Wildman–Crippen LogP) is 3.89. The van der Waals surface area contributed by atoms with Crippen molar-refractivity contribution in [3.8, 4) is 0 Å². The van der Waals surface area contributed by atoms with Crippen molar-refractivity contribution in [2.75, 3.05) is 26.2 Å². The lowest BCUT2D eigenvalue weighted by atomic mass is 9.99. The van der Waals surface area contributed by atoms with Crippen LogP contribution in [0.15, 0.2) is 24.3 Å². The molecule has 0 bridgehead atoms. The van der Waals surface area contributed by atoms with Gasteiger partial charge in [0.2, 0.25) is 0 Å². The molecule has 5 heteroatoms. The van der Waals surface area contributed by atoms with E-state index in [0.29, 0.717) is 12.0 Å². The Bertz CT molecular complexity index is 778. The van der Waals surface area contributed by atoms with E-state index in [1.807, 2.05) is 0 Å². The van der Waals surface area contributed by atoms with Crippen LogP contribution in [0, 0.1) is 5.92 Å². The zero-order chi connectivity index (χ0) is 20.2. The third kappa shape index (κ3) is 5.01. The maximum absolute atomic E-state index is 10.9. The number of para-hydroxylation sites is 2. The van der Waals surface area contributed by atoms with Gasteiger partial charge in [-0.05, 0) is 56.8 Å². The fraction of sp³-hybridized carbons (Fsp3) is 0.708. The first-order valence-electron chi connectivity index (χ1n) is 11.7. The molecule has 0 saturated carbocycles. The second kappa shape index (κ2) is 9.59. The van der Waals surface area contributed by atoms with Crippen molar-refractivity contribution in [3.63, 3.8) is 0 Å². The summed E-state index contributed by atoms with van der Waals surface area (Å²) in [5.74, 6) is 1.82. The number of hydrogen-bond donors (Lipinski definition) is 1. The Kier molecular flexibility index (Phi) is 6.88. The van der Waals surface area contributed by atoms with Gasteiger partial charge < -0.3 is 9.67 Å². The summed E-state index contributed by atoms with van der Waals surface area (Å²) in [5.41, 5.74) is 2.33. The van der Waals surface area contributed by atoms with Crippen LogP contribution in [0.1, 0.15) is 58.2 Å². The van der Waals surface area contributed by atoms with E-state index in [-0.39, 0.29) is 6.10 Å². The summed E-state index contributed by atoms with van der Waals surface area (Å²) in [4.78, 5) is 9.93. The predicted molar refractivity (Wildman–Crippen MR) is 119 cm³/mol. The maximum atomic E-state index is 10.9. The van der Waals surface area contributed by atoms with Gasteiger partial charge in [0, 0.05) is 25.7 Å². The summed E-state index contributed by atoms with van der Waals surface area (Å²) in [6.07, 6.45) is 7.23. The topological polar surface area (TPSA) is 44.5 Å². The lowest BCUT2D eigenvalue weighted by Gasteiger charge is -2.41. The van der Waals surface area contributed by atoms with Crippen LogP contribution in [0.5, 0.6) is 0 Å². The number of aliphatic hydroxyl groups excluding tert-OH is 1. The normalized spacial score (nSPS) is 25.0. The van der Waals surface area contributed by atoms with Crippen LogP contribution in [0.25, 0.3) is 11.0 Å². The van der Waals surface area contributed by atoms with Gasteiger partial charge in [-0.3, -0.25) is 9.80 Å². The van der Waals surface area contributed by atoms with Crippen LogP contribution in [0.3, 0.4) is 0 Å². The average molecular weight is 399 g/mol. The molecule has 160 valence electrons. The molecule has 0 unspecified atom stereocenters. The number of aliphatic hydroxyl groups is 1. The molecule has 5 nitrogen and oxygen atoms in total. The minimum Gasteiger partial charge on any atom is -0.390 e. The van der Waals surface area contributed by atoms with E-state index in [9.17, 15) is 5.11 Å². The summed E-state index contributed by atoms with van der Waals surface area (Å²) in [6, 6.07) is 8.82. The minimum absolute atomic E-state index is 0.254. The van der Waals surface area contributed by atoms with E-state index in [0.717, 1.165) is 63.5 Å². The van der Waals surface area contributed by atoms with E-state index in [1.165, 1.54) is 31.2 Å². The SMILES string of the molecule is CC(C)CCn1c(CN2CC[C@H](N3CCCCCC3)[C@@H](O)C2)nc2ccccc21. The number of likely N-dealkylation sites (tertiary alicyclic amines) is 2. The second-order valence-electron chi connectivity index (χ2n) is 9.46. The highest BCUT2D eigenvalue weighted by molar-refractivity contribution is 5.75. The van der Waals surface area contributed by atoms with Crippen LogP contribution in [0.4, 0.5) is 0 Å². The quantitative estimate of drug-likeness (QED) is 0.802. The zero-order valence-electron chi connectivity index (χ0n) is 18.3. The Labute approximate surface area is 175 Å². The molecule has 0 aliphatic carbocycles. The third-order valence-corrected chi connectivity index (χ3v) is 6.77. The highest BCUT2D eigenvalue weighted by atomic mass is 16.3. The monoisotopic (exact) mass is 398 g/mol. The van der Waals surface area contributed by atoms with Gasteiger partial charge in [-0.1, -0.05) is 38.8 Å². The lowest BCUT2D eigenvalue weighted by Crippen LogP contribution is -2.54. The van der Waals surface area contributed by atoms with E-state index < -0.39 is 0 Å². The molecule has 29 heavy (non-hydrogen) atoms. The fourth-order valence-electron chi connectivity index (χ4n) is 5.06. The number of nitrogens with zero attached hydrogens (tertiary/aromatic N) is 4. The molecule has 1 aromatic heterocycles. The van der Waals surface area contributed by atoms with Crippen molar-refractivity contribution in [1.82, 2.24) is 19.4 Å². The smallest absolute Gasteiger partial charge is 0.124 e. The molecule has 2 aliphatic rings. The molecular weight excluding hydrogens is 360 g/mol. The Morgan fingerprint density at radius 2 is 1.83 bits per heavy atom. The number of piperidine rings is 1. The Balaban J connectivity index is 1.44. The Morgan fingerprint density at radius 3 is 2.55 bits per heavy atom. The molecule has 2 saturated heterocycles. The molecule has 2 aromatic rings. The summed E-state index contributed by atoms with van der Waals surface area (Å²) in [7, 11) is 0. The van der Waals surface area contributed by atoms with Crippen molar-refractivity contribution in [3.05, 3.63) is 30.1 Å². The van der Waals surface area contributed by atoms with E-state index in [2.05, 4.69) is 52.5 Å². The molecule has 0 radical (unpaired) electrons. The van der Waals surface area contributed by atoms with Crippen LogP contribution in [0.2, 0.25) is 0 Å². The number of aryl methyl sites for hydroxylation is 1. The maximum Gasteiger partial charge on any atom is 0.124 e. The van der Waals surface area contributed by atoms with E-state index in [4.69, 9.17) is 4.98 Å². The number of rotatable bonds is 6. The number of aromatic nitrogens is 2. The molecule has 1 N–H and O–H groups in total. The van der Waals surface area contributed by atoms with Crippen molar-refractivity contribution in [2.24, 2.45) is 5.92 Å². The lowest BCUT2D eigenvalue weighted by molar-refractivity contribution is -0.0152. The van der Waals surface area contributed by atoms with Gasteiger partial charge in [-0.2, -0.15) is 0 Å². The number of imidazole rings is 1. The average Bonchev–Trinajstić information content (AvgIpc) is 2.86. The van der Waals surface area contributed by atoms with Gasteiger partial charge in [-0.25, -0.2) is 4.98 Å². The third-order valence-electron chi connectivity index (χ3n) is 6.77. The number of hydrogen-bond acceptors (Lipinski definition) is 4. The van der Waals surface area contributed by atoms with Crippen LogP contribution < -0.4 is 0 Å². The molecule has 4 rings (SSSR count). The van der Waals surface area contributed by atoms with Crippen molar-refractivity contribution in [2.45, 2.75) is 77.6 Å². The first-order valence-corrected chi connectivity index (χ1v) is 11.7. The Hall–Kier alpha value is -1.43. The molecule has 0 amide bonds. The molecule has 1 aromatic carbocycles. The van der Waals surface area contributed by atoms with Gasteiger partial charge in [-0.15, -0.1) is 0 Å². The fourth-order valence-corrected chi connectivity index (χ4v) is 5.06. The van der Waals surface area contributed by atoms with E-state index >= 15 is 0 Å². The highest BCUT2D eigenvalue weighted by Gasteiger charge is 2.32. The minimum atomic E-state index is -0.254. The molecule has 0 spiro atoms. The van der Waals surface area contributed by atoms with Crippen molar-refractivity contribution in [1.29, 1.82) is 0 Å². The first kappa shape index (κ1) is 20.8. The highest BCUT2D eigenvalue weighted by Crippen LogP contribution is 2.24. The van der Waals surface area contributed by atoms with Gasteiger partial charge in [0.15, 0.2) is 0 Å². The van der Waals surface area contributed by atoms with Crippen LogP contribution in [-0.2, 0) is 13.1 Å². The Morgan fingerprint density at radius 1 is 1.07 bits per heavy atom. The summed E-state index contributed by atoms with van der Waals surface area (Å²) in [6.45, 7) is 10.5. The molecular formula is C24H38N4O. The largest absolute Gasteiger partial charge is 0.390 e. The molecule has 3 heterocycles. The van der Waals surface area contributed by atoms with Crippen LogP contribution >= 0.6 is 0 Å². The van der Waals surface area contributed by atoms with Crippen molar-refractivity contribution < 1.29 is 5.11 Å². The van der Waals surface area contributed by atoms with Gasteiger partial charge in [0.05, 0.1) is 23.7 Å². The van der Waals surface area contributed by atoms with Gasteiger partial charge in [0.1, 0.15) is 5.82 Å². The van der Waals surface area contributed by atoms with Gasteiger partial charge in [0.25, 0.3) is 0 Å². The van der Waals surface area contributed by atoms with Gasteiger partial charge >= 0.3 is 0 Å². The molecule has 2 aliphatic heterocycles. The number of benzene rings is 1.